The molecule has 4 aromatic heterocycles. The molecule has 54 heavy (non-hydrogen) atoms. The Hall–Kier alpha value is -3.78. The molecule has 284 valence electrons. The van der Waals surface area contributed by atoms with Crippen LogP contribution in [0, 0.1) is 18.8 Å². The van der Waals surface area contributed by atoms with Crippen molar-refractivity contribution in [3.05, 3.63) is 96.5 Å². The zero-order chi connectivity index (χ0) is 38.9. The van der Waals surface area contributed by atoms with Crippen molar-refractivity contribution < 1.29 is 13.6 Å². The minimum absolute atomic E-state index is 0.0232. The van der Waals surface area contributed by atoms with Gasteiger partial charge in [-0.1, -0.05) is 83.7 Å². The third-order valence-corrected chi connectivity index (χ3v) is 21.2. The number of aromatic nitrogens is 7. The maximum absolute atomic E-state index is 7.44. The maximum atomic E-state index is 7.44. The van der Waals surface area contributed by atoms with Gasteiger partial charge < -0.3 is 18.2 Å². The van der Waals surface area contributed by atoms with Crippen molar-refractivity contribution in [2.45, 2.75) is 115 Å². The van der Waals surface area contributed by atoms with Crippen molar-refractivity contribution in [3.63, 3.8) is 0 Å². The number of benzene rings is 1. The number of nitrogens with zero attached hydrogens (tertiary/aromatic N) is 7. The first-order valence-electron chi connectivity index (χ1n) is 18.5. The van der Waals surface area contributed by atoms with Gasteiger partial charge in [0.2, 0.25) is 0 Å². The molecule has 0 spiro atoms. The molecule has 0 bridgehead atoms. The largest absolute Gasteiger partial charge is 0.408 e. The number of rotatable bonds is 10. The second kappa shape index (κ2) is 15.8. The van der Waals surface area contributed by atoms with Gasteiger partial charge >= 0.3 is 0 Å². The van der Waals surface area contributed by atoms with E-state index in [9.17, 15) is 0 Å². The van der Waals surface area contributed by atoms with E-state index in [1.165, 1.54) is 6.33 Å². The fraction of sp³-hybridized carbons (Fsp3) is 0.463. The summed E-state index contributed by atoms with van der Waals surface area (Å²) in [7, 11) is -4.66. The minimum Gasteiger partial charge on any atom is -0.408 e. The molecule has 1 aliphatic rings. The van der Waals surface area contributed by atoms with Gasteiger partial charge in [-0.3, -0.25) is 0 Å². The topological polar surface area (TPSA) is 110 Å². The standard InChI is InChI=1S/C41H53N7O3SSi2/c1-28-33(35(46-27-45-28)30-15-13-12-14-16-30)23-52-24-34-36(50-53(8,9)40(2,3)4)37(51-54(10,11)41(5,6)7)39(49-34)48-22-31(32-21-44-26-47-38(32)48)18-17-29-19-42-25-43-20-29/h12-16,19-22,25-27,34,36-37,39H,23-24H2,1-11H3/t34-,36-,37-,39-/m1/s1. The molecular formula is C41H53N7O3SSi2. The van der Waals surface area contributed by atoms with Crippen LogP contribution in [0.15, 0.2) is 74.1 Å². The molecule has 5 aromatic rings. The average Bonchev–Trinajstić information content (AvgIpc) is 3.64. The molecule has 13 heteroatoms. The summed E-state index contributed by atoms with van der Waals surface area (Å²) in [5.41, 5.74) is 6.39. The van der Waals surface area contributed by atoms with Crippen LogP contribution in [0.3, 0.4) is 0 Å². The molecule has 0 N–H and O–H groups in total. The Bertz CT molecular complexity index is 2120. The second-order valence-electron chi connectivity index (χ2n) is 17.0. The fourth-order valence-corrected chi connectivity index (χ4v) is 9.72. The molecule has 0 amide bonds. The number of thioether (sulfide) groups is 1. The van der Waals surface area contributed by atoms with E-state index in [2.05, 4.69) is 123 Å². The lowest BCUT2D eigenvalue weighted by atomic mass is 10.1. The summed E-state index contributed by atoms with van der Waals surface area (Å²) in [6, 6.07) is 10.3. The van der Waals surface area contributed by atoms with Crippen LogP contribution in [0.5, 0.6) is 0 Å². The zero-order valence-corrected chi connectivity index (χ0v) is 36.2. The van der Waals surface area contributed by atoms with Crippen LogP contribution in [-0.4, -0.2) is 75.2 Å². The van der Waals surface area contributed by atoms with Crippen molar-refractivity contribution in [1.82, 2.24) is 34.5 Å². The molecule has 0 saturated carbocycles. The van der Waals surface area contributed by atoms with Crippen LogP contribution < -0.4 is 0 Å². The van der Waals surface area contributed by atoms with Gasteiger partial charge in [-0.15, -0.1) is 0 Å². The fourth-order valence-electron chi connectivity index (χ4n) is 5.95. The smallest absolute Gasteiger partial charge is 0.192 e. The summed E-state index contributed by atoms with van der Waals surface area (Å²) in [5, 5.41) is 0.772. The molecule has 1 aliphatic heterocycles. The lowest BCUT2D eigenvalue weighted by molar-refractivity contribution is -0.0244. The van der Waals surface area contributed by atoms with Gasteiger partial charge in [0.05, 0.1) is 28.3 Å². The SMILES string of the molecule is Cc1ncnc(-c2ccccc2)c1CSC[C@H]1O[C@@H](n2cc(C#Cc3cncnc3)c3cncnc32)[C@H](O[Si](C)(C)C(C)(C)C)[C@@H]1O[Si](C)(C)C(C)(C)C. The van der Waals surface area contributed by atoms with E-state index in [1.54, 1.807) is 25.0 Å². The molecule has 0 aliphatic carbocycles. The van der Waals surface area contributed by atoms with Crippen LogP contribution >= 0.6 is 11.8 Å². The first-order chi connectivity index (χ1) is 25.5. The minimum atomic E-state index is -2.35. The van der Waals surface area contributed by atoms with Crippen LogP contribution in [0.25, 0.3) is 22.3 Å². The summed E-state index contributed by atoms with van der Waals surface area (Å²) < 4.78 is 24.2. The van der Waals surface area contributed by atoms with Gasteiger partial charge in [0.15, 0.2) is 22.9 Å². The molecule has 1 fully saturated rings. The molecule has 1 saturated heterocycles. The number of hydrogen-bond donors (Lipinski definition) is 0. The van der Waals surface area contributed by atoms with Crippen molar-refractivity contribution in [2.24, 2.45) is 0 Å². The van der Waals surface area contributed by atoms with Crippen LogP contribution in [0.1, 0.15) is 70.2 Å². The van der Waals surface area contributed by atoms with Gasteiger partial charge in [-0.25, -0.2) is 29.9 Å². The van der Waals surface area contributed by atoms with E-state index < -0.39 is 29.0 Å². The Morgan fingerprint density at radius 1 is 0.796 bits per heavy atom. The molecule has 0 unspecified atom stereocenters. The predicted molar refractivity (Wildman–Crippen MR) is 222 cm³/mol. The molecule has 6 rings (SSSR count). The van der Waals surface area contributed by atoms with Crippen molar-refractivity contribution in [2.75, 3.05) is 5.75 Å². The van der Waals surface area contributed by atoms with Gasteiger partial charge in [-0.05, 0) is 43.2 Å². The van der Waals surface area contributed by atoms with Crippen LogP contribution in [0.4, 0.5) is 0 Å². The van der Waals surface area contributed by atoms with E-state index in [1.807, 2.05) is 42.4 Å². The summed E-state index contributed by atoms with van der Waals surface area (Å²) in [5.74, 6) is 7.96. The first-order valence-corrected chi connectivity index (χ1v) is 25.5. The third kappa shape index (κ3) is 8.54. The Labute approximate surface area is 326 Å². The van der Waals surface area contributed by atoms with Crippen molar-refractivity contribution in [1.29, 1.82) is 0 Å². The Morgan fingerprint density at radius 2 is 1.44 bits per heavy atom. The highest BCUT2D eigenvalue weighted by Crippen LogP contribution is 2.47. The van der Waals surface area contributed by atoms with E-state index >= 15 is 0 Å². The van der Waals surface area contributed by atoms with Gasteiger partial charge in [0.1, 0.15) is 36.8 Å². The Kier molecular flexibility index (Phi) is 11.6. The molecule has 1 aromatic carbocycles. The monoisotopic (exact) mass is 779 g/mol. The Balaban J connectivity index is 1.42. The average molecular weight is 780 g/mol. The maximum Gasteiger partial charge on any atom is 0.192 e. The quantitative estimate of drug-likeness (QED) is 0.101. The van der Waals surface area contributed by atoms with E-state index in [0.29, 0.717) is 5.75 Å². The third-order valence-electron chi connectivity index (χ3n) is 11.2. The zero-order valence-electron chi connectivity index (χ0n) is 33.4. The normalized spacial score (nSPS) is 19.5. The van der Waals surface area contributed by atoms with E-state index in [0.717, 1.165) is 50.4 Å². The Morgan fingerprint density at radius 3 is 2.11 bits per heavy atom. The predicted octanol–water partition coefficient (Wildman–Crippen LogP) is 9.00. The summed E-state index contributed by atoms with van der Waals surface area (Å²) in [6.45, 7) is 24.9. The first kappa shape index (κ1) is 39.9. The van der Waals surface area contributed by atoms with Crippen LogP contribution in [-0.2, 0) is 19.3 Å². The van der Waals surface area contributed by atoms with Gasteiger partial charge in [0, 0.05) is 53.1 Å². The summed E-state index contributed by atoms with van der Waals surface area (Å²) in [4.78, 5) is 26.7. The van der Waals surface area contributed by atoms with Crippen molar-refractivity contribution in [3.8, 4) is 23.1 Å². The number of ether oxygens (including phenoxy) is 1. The molecule has 0 radical (unpaired) electrons. The highest BCUT2D eigenvalue weighted by atomic mass is 32.2. The van der Waals surface area contributed by atoms with E-state index in [4.69, 9.17) is 23.6 Å². The number of aryl methyl sites for hydroxylation is 1. The number of hydrogen-bond acceptors (Lipinski definition) is 10. The van der Waals surface area contributed by atoms with Crippen LogP contribution in [0.2, 0.25) is 36.3 Å². The summed E-state index contributed by atoms with van der Waals surface area (Å²) in [6.07, 6.45) is 10.5. The van der Waals surface area contributed by atoms with Gasteiger partial charge in [-0.2, -0.15) is 11.8 Å². The van der Waals surface area contributed by atoms with Crippen molar-refractivity contribution >= 4 is 39.4 Å². The lowest BCUT2D eigenvalue weighted by Crippen LogP contribution is -2.53. The number of fused-ring (bicyclic) bond motifs is 1. The molecule has 4 atom stereocenters. The lowest BCUT2D eigenvalue weighted by Gasteiger charge is -2.44. The van der Waals surface area contributed by atoms with Gasteiger partial charge in [0.25, 0.3) is 0 Å². The highest BCUT2D eigenvalue weighted by Gasteiger charge is 2.54. The van der Waals surface area contributed by atoms with E-state index in [-0.39, 0.29) is 22.3 Å². The molecule has 10 nitrogen and oxygen atoms in total. The molecule has 5 heterocycles. The summed E-state index contributed by atoms with van der Waals surface area (Å²) >= 11 is 1.82. The molecular weight excluding hydrogens is 727 g/mol. The second-order valence-corrected chi connectivity index (χ2v) is 27.5. The highest BCUT2D eigenvalue weighted by molar-refractivity contribution is 7.98.